The minimum Gasteiger partial charge on any atom is -0.310 e. The van der Waals surface area contributed by atoms with Crippen LogP contribution in [-0.2, 0) is 5.41 Å². The molecule has 0 atom stereocenters. The Morgan fingerprint density at radius 1 is 0.491 bits per heavy atom. The number of hydrogen-bond donors (Lipinski definition) is 0. The quantitative estimate of drug-likeness (QED) is 0.174. The monoisotopic (exact) mass is 679 g/mol. The van der Waals surface area contributed by atoms with Crippen LogP contribution in [0.3, 0.4) is 0 Å². The second-order valence-corrected chi connectivity index (χ2v) is 14.5. The molecule has 0 aliphatic heterocycles. The van der Waals surface area contributed by atoms with Gasteiger partial charge in [-0.3, -0.25) is 4.98 Å². The normalized spacial score (nSPS) is 12.9. The van der Waals surface area contributed by atoms with E-state index < -0.39 is 0 Å². The first-order valence-electron chi connectivity index (χ1n) is 18.3. The minimum atomic E-state index is -0.162. The lowest BCUT2D eigenvalue weighted by atomic mass is 9.81. The third-order valence-corrected chi connectivity index (χ3v) is 11.1. The second-order valence-electron chi connectivity index (χ2n) is 14.5. The highest BCUT2D eigenvalue weighted by atomic mass is 15.1. The molecule has 2 aromatic heterocycles. The lowest BCUT2D eigenvalue weighted by molar-refractivity contribution is 0.661. The summed E-state index contributed by atoms with van der Waals surface area (Å²) in [6.45, 7) is 4.72. The molecule has 0 amide bonds. The van der Waals surface area contributed by atoms with Gasteiger partial charge >= 0.3 is 0 Å². The molecule has 10 rings (SSSR count). The van der Waals surface area contributed by atoms with Gasteiger partial charge in [0, 0.05) is 45.6 Å². The number of pyridine rings is 1. The highest BCUT2D eigenvalue weighted by molar-refractivity contribution is 6.10. The lowest BCUT2D eigenvalue weighted by Crippen LogP contribution is -2.20. The van der Waals surface area contributed by atoms with Gasteiger partial charge in [-0.25, -0.2) is 0 Å². The highest BCUT2D eigenvalue weighted by Gasteiger charge is 2.38. The van der Waals surface area contributed by atoms with Crippen molar-refractivity contribution in [3.8, 4) is 39.1 Å². The maximum atomic E-state index is 4.36. The van der Waals surface area contributed by atoms with Crippen LogP contribution in [0, 0.1) is 0 Å². The molecule has 7 aromatic carbocycles. The van der Waals surface area contributed by atoms with Gasteiger partial charge < -0.3 is 9.47 Å². The van der Waals surface area contributed by atoms with E-state index in [4.69, 9.17) is 0 Å². The number of nitrogens with zero attached hydrogens (tertiary/aromatic N) is 3. The Labute approximate surface area is 310 Å². The molecule has 0 radical (unpaired) electrons. The van der Waals surface area contributed by atoms with Gasteiger partial charge in [-0.05, 0) is 111 Å². The topological polar surface area (TPSA) is 21.1 Å². The number of anilines is 3. The van der Waals surface area contributed by atoms with Gasteiger partial charge in [0.25, 0.3) is 0 Å². The molecule has 3 nitrogen and oxygen atoms in total. The zero-order valence-electron chi connectivity index (χ0n) is 29.7. The van der Waals surface area contributed by atoms with E-state index in [1.807, 2.05) is 18.5 Å². The van der Waals surface area contributed by atoms with E-state index in [0.717, 1.165) is 22.5 Å². The number of hydrogen-bond acceptors (Lipinski definition) is 2. The van der Waals surface area contributed by atoms with E-state index >= 15 is 0 Å². The maximum absolute atomic E-state index is 4.36. The molecule has 1 aliphatic carbocycles. The molecule has 0 N–H and O–H groups in total. The van der Waals surface area contributed by atoms with Crippen LogP contribution < -0.4 is 4.90 Å². The highest BCUT2D eigenvalue weighted by Crippen LogP contribution is 2.54. The average molecular weight is 680 g/mol. The van der Waals surface area contributed by atoms with Gasteiger partial charge in [0.2, 0.25) is 0 Å². The summed E-state index contributed by atoms with van der Waals surface area (Å²) in [6.07, 6.45) is 3.74. The van der Waals surface area contributed by atoms with Gasteiger partial charge in [0.05, 0.1) is 16.7 Å². The Morgan fingerprint density at radius 3 is 1.89 bits per heavy atom. The van der Waals surface area contributed by atoms with E-state index in [0.29, 0.717) is 0 Å². The summed E-state index contributed by atoms with van der Waals surface area (Å²) >= 11 is 0. The Hall–Kier alpha value is -6.71. The Morgan fingerprint density at radius 2 is 1.13 bits per heavy atom. The molecule has 2 heterocycles. The summed E-state index contributed by atoms with van der Waals surface area (Å²) in [5.74, 6) is 0. The maximum Gasteiger partial charge on any atom is 0.0541 e. The number of benzene rings is 7. The van der Waals surface area contributed by atoms with Gasteiger partial charge in [-0.1, -0.05) is 123 Å². The van der Waals surface area contributed by atoms with E-state index in [-0.39, 0.29) is 5.41 Å². The largest absolute Gasteiger partial charge is 0.310 e. The number of aromatic nitrogens is 2. The fourth-order valence-corrected chi connectivity index (χ4v) is 8.58. The number of fused-ring (bicyclic) bond motifs is 6. The second kappa shape index (κ2) is 12.2. The third kappa shape index (κ3) is 5.00. The summed E-state index contributed by atoms with van der Waals surface area (Å²) in [5.41, 5.74) is 16.8. The number of para-hydroxylation sites is 2. The van der Waals surface area contributed by atoms with Crippen LogP contribution in [0.4, 0.5) is 17.1 Å². The first-order valence-corrected chi connectivity index (χ1v) is 18.3. The van der Waals surface area contributed by atoms with E-state index in [1.165, 1.54) is 66.6 Å². The molecule has 0 saturated carbocycles. The molecular weight excluding hydrogens is 643 g/mol. The van der Waals surface area contributed by atoms with Crippen molar-refractivity contribution in [2.45, 2.75) is 19.3 Å². The van der Waals surface area contributed by atoms with Crippen LogP contribution >= 0.6 is 0 Å². The summed E-state index contributed by atoms with van der Waals surface area (Å²) in [6, 6.07) is 64.0. The Bertz CT molecular complexity index is 2780. The molecule has 53 heavy (non-hydrogen) atoms. The van der Waals surface area contributed by atoms with Crippen molar-refractivity contribution in [3.05, 3.63) is 199 Å². The molecule has 0 saturated heterocycles. The van der Waals surface area contributed by atoms with Crippen molar-refractivity contribution in [2.75, 3.05) is 4.90 Å². The number of rotatable bonds is 6. The standard InChI is InChI=1S/C50H37N3/c1-50(2)45-18-8-6-15-41(45)43-17-10-20-48(49(43)50)52(40-28-23-35(24-29-40)37-12-11-31-51-33-37)39-26-21-34(22-27-39)36-25-30-47-44(32-36)42-16-7-9-19-46(42)53(47)38-13-4-3-5-14-38/h3-33H,1-2H3. The van der Waals surface area contributed by atoms with Crippen molar-refractivity contribution in [1.82, 2.24) is 9.55 Å². The molecule has 0 bridgehead atoms. The van der Waals surface area contributed by atoms with Crippen molar-refractivity contribution in [3.63, 3.8) is 0 Å². The minimum absolute atomic E-state index is 0.162. The summed E-state index contributed by atoms with van der Waals surface area (Å²) < 4.78 is 2.37. The van der Waals surface area contributed by atoms with Gasteiger partial charge in [-0.2, -0.15) is 0 Å². The predicted molar refractivity (Wildman–Crippen MR) is 222 cm³/mol. The molecule has 0 fully saturated rings. The molecule has 1 aliphatic rings. The molecule has 252 valence electrons. The molecule has 0 spiro atoms. The summed E-state index contributed by atoms with van der Waals surface area (Å²) in [5, 5.41) is 2.51. The van der Waals surface area contributed by atoms with Gasteiger partial charge in [0.15, 0.2) is 0 Å². The molecule has 9 aromatic rings. The molecule has 3 heteroatoms. The smallest absolute Gasteiger partial charge is 0.0541 e. The fraction of sp³-hybridized carbons (Fsp3) is 0.0600. The van der Waals surface area contributed by atoms with Crippen molar-refractivity contribution < 1.29 is 0 Å². The first kappa shape index (κ1) is 31.1. The van der Waals surface area contributed by atoms with Crippen molar-refractivity contribution in [1.29, 1.82) is 0 Å². The third-order valence-electron chi connectivity index (χ3n) is 11.1. The van der Waals surface area contributed by atoms with Crippen LogP contribution in [0.15, 0.2) is 188 Å². The molecular formula is C50H37N3. The Kier molecular flexibility index (Phi) is 7.16. The van der Waals surface area contributed by atoms with Crippen LogP contribution in [0.2, 0.25) is 0 Å². The van der Waals surface area contributed by atoms with Gasteiger partial charge in [-0.15, -0.1) is 0 Å². The molecule has 0 unspecified atom stereocenters. The first-order chi connectivity index (χ1) is 26.1. The predicted octanol–water partition coefficient (Wildman–Crippen LogP) is 13.3. The van der Waals surface area contributed by atoms with E-state index in [9.17, 15) is 0 Å². The van der Waals surface area contributed by atoms with E-state index in [2.05, 4.69) is 198 Å². The SMILES string of the molecule is CC1(C)c2ccccc2-c2cccc(N(c3ccc(-c4cccnc4)cc3)c3ccc(-c4ccc5c(c4)c4ccccc4n5-c4ccccc4)cc3)c21. The zero-order chi connectivity index (χ0) is 35.5. The van der Waals surface area contributed by atoms with Crippen molar-refractivity contribution in [2.24, 2.45) is 0 Å². The van der Waals surface area contributed by atoms with Crippen LogP contribution in [0.1, 0.15) is 25.0 Å². The van der Waals surface area contributed by atoms with E-state index in [1.54, 1.807) is 0 Å². The summed E-state index contributed by atoms with van der Waals surface area (Å²) in [4.78, 5) is 6.79. The van der Waals surface area contributed by atoms with Crippen LogP contribution in [-0.4, -0.2) is 9.55 Å². The van der Waals surface area contributed by atoms with Crippen molar-refractivity contribution >= 4 is 38.9 Å². The summed E-state index contributed by atoms with van der Waals surface area (Å²) in [7, 11) is 0. The zero-order valence-corrected chi connectivity index (χ0v) is 29.7. The van der Waals surface area contributed by atoms with Gasteiger partial charge in [0.1, 0.15) is 0 Å². The lowest BCUT2D eigenvalue weighted by Gasteiger charge is -2.32. The average Bonchev–Trinajstić information content (AvgIpc) is 3.68. The fourth-order valence-electron chi connectivity index (χ4n) is 8.58. The Balaban J connectivity index is 1.10. The van der Waals surface area contributed by atoms with Crippen LogP contribution in [0.25, 0.3) is 60.9 Å². The van der Waals surface area contributed by atoms with Crippen LogP contribution in [0.5, 0.6) is 0 Å².